The Morgan fingerprint density at radius 1 is 1.53 bits per heavy atom. The number of nitriles is 1. The molecule has 1 heterocycles. The van der Waals surface area contributed by atoms with Crippen LogP contribution in [0.25, 0.3) is 0 Å². The minimum absolute atomic E-state index is 0.0614. The third kappa shape index (κ3) is 4.89. The number of aromatic nitrogens is 2. The molecule has 0 aliphatic rings. The van der Waals surface area contributed by atoms with Crippen LogP contribution in [0.3, 0.4) is 0 Å². The summed E-state index contributed by atoms with van der Waals surface area (Å²) in [5.41, 5.74) is 0. The quantitative estimate of drug-likeness (QED) is 0.760. The number of hydrogen-bond donors (Lipinski definition) is 1. The fourth-order valence-corrected chi connectivity index (χ4v) is 3.00. The summed E-state index contributed by atoms with van der Waals surface area (Å²) in [6.07, 6.45) is 0.825. The molecule has 0 amide bonds. The first-order valence-corrected chi connectivity index (χ1v) is 7.24. The molecule has 1 rings (SSSR count). The van der Waals surface area contributed by atoms with Crippen LogP contribution in [0, 0.1) is 11.3 Å². The van der Waals surface area contributed by atoms with Crippen LogP contribution in [-0.2, 0) is 0 Å². The molecule has 0 aromatic carbocycles. The standard InChI is InChI=1S/C10H17N5S2/c1-4-12-8(7-11)5-6-16-10-14-13-9(17-10)15(2)3/h8,12H,4-6H2,1-3H3. The minimum Gasteiger partial charge on any atom is -0.353 e. The third-order valence-corrected chi connectivity index (χ3v) is 4.27. The molecule has 1 aromatic rings. The van der Waals surface area contributed by atoms with E-state index in [1.54, 1.807) is 23.1 Å². The van der Waals surface area contributed by atoms with Crippen molar-refractivity contribution in [2.24, 2.45) is 0 Å². The zero-order chi connectivity index (χ0) is 12.7. The van der Waals surface area contributed by atoms with Gasteiger partial charge in [0, 0.05) is 19.8 Å². The number of anilines is 1. The molecule has 7 heteroatoms. The maximum absolute atomic E-state index is 8.88. The Hall–Kier alpha value is -0.840. The first kappa shape index (κ1) is 14.2. The van der Waals surface area contributed by atoms with Crippen molar-refractivity contribution >= 4 is 28.2 Å². The molecule has 0 aliphatic heterocycles. The van der Waals surface area contributed by atoms with E-state index in [1.807, 2.05) is 25.9 Å². The molecule has 94 valence electrons. The van der Waals surface area contributed by atoms with Gasteiger partial charge in [0.15, 0.2) is 4.34 Å². The number of thioether (sulfide) groups is 1. The normalized spacial score (nSPS) is 12.1. The van der Waals surface area contributed by atoms with Crippen molar-refractivity contribution in [2.75, 3.05) is 31.3 Å². The van der Waals surface area contributed by atoms with E-state index < -0.39 is 0 Å². The van der Waals surface area contributed by atoms with Crippen molar-refractivity contribution in [3.63, 3.8) is 0 Å². The van der Waals surface area contributed by atoms with Crippen molar-refractivity contribution in [1.82, 2.24) is 15.5 Å². The van der Waals surface area contributed by atoms with E-state index in [9.17, 15) is 0 Å². The van der Waals surface area contributed by atoms with Gasteiger partial charge in [0.2, 0.25) is 5.13 Å². The van der Waals surface area contributed by atoms with Crippen molar-refractivity contribution in [3.8, 4) is 6.07 Å². The van der Waals surface area contributed by atoms with Crippen LogP contribution < -0.4 is 10.2 Å². The third-order valence-electron chi connectivity index (χ3n) is 2.02. The lowest BCUT2D eigenvalue weighted by atomic mass is 10.2. The van der Waals surface area contributed by atoms with Crippen LogP contribution in [0.1, 0.15) is 13.3 Å². The fourth-order valence-electron chi connectivity index (χ4n) is 1.16. The molecule has 1 atom stereocenters. The highest BCUT2D eigenvalue weighted by Gasteiger charge is 2.08. The van der Waals surface area contributed by atoms with E-state index in [2.05, 4.69) is 21.6 Å². The molecule has 0 aliphatic carbocycles. The number of nitrogens with one attached hydrogen (secondary N) is 1. The molecule has 0 fully saturated rings. The van der Waals surface area contributed by atoms with Gasteiger partial charge in [0.05, 0.1) is 12.1 Å². The molecule has 0 saturated carbocycles. The molecule has 1 aromatic heterocycles. The molecular weight excluding hydrogens is 254 g/mol. The Bertz CT molecular complexity index is 371. The van der Waals surface area contributed by atoms with Crippen LogP contribution in [0.15, 0.2) is 4.34 Å². The van der Waals surface area contributed by atoms with Gasteiger partial charge >= 0.3 is 0 Å². The Labute approximate surface area is 110 Å². The lowest BCUT2D eigenvalue weighted by Crippen LogP contribution is -2.27. The summed E-state index contributed by atoms with van der Waals surface area (Å²) in [5, 5.41) is 21.1. The van der Waals surface area contributed by atoms with Gasteiger partial charge < -0.3 is 10.2 Å². The van der Waals surface area contributed by atoms with Gasteiger partial charge in [-0.2, -0.15) is 5.26 Å². The smallest absolute Gasteiger partial charge is 0.208 e. The maximum Gasteiger partial charge on any atom is 0.208 e. The predicted molar refractivity (Wildman–Crippen MR) is 72.7 cm³/mol. The Morgan fingerprint density at radius 2 is 2.29 bits per heavy atom. The Balaban J connectivity index is 2.32. The first-order chi connectivity index (χ1) is 8.17. The van der Waals surface area contributed by atoms with Gasteiger partial charge in [-0.1, -0.05) is 30.0 Å². The summed E-state index contributed by atoms with van der Waals surface area (Å²) in [5.74, 6) is 0.882. The van der Waals surface area contributed by atoms with Crippen LogP contribution in [0.5, 0.6) is 0 Å². The van der Waals surface area contributed by atoms with Crippen molar-refractivity contribution in [1.29, 1.82) is 5.26 Å². The Morgan fingerprint density at radius 3 is 2.82 bits per heavy atom. The monoisotopic (exact) mass is 271 g/mol. The molecule has 1 unspecified atom stereocenters. The molecule has 17 heavy (non-hydrogen) atoms. The maximum atomic E-state index is 8.88. The van der Waals surface area contributed by atoms with Crippen molar-refractivity contribution < 1.29 is 0 Å². The van der Waals surface area contributed by atoms with Gasteiger partial charge in [-0.3, -0.25) is 0 Å². The second-order valence-corrected chi connectivity index (χ2v) is 5.92. The molecule has 0 saturated heterocycles. The zero-order valence-electron chi connectivity index (χ0n) is 10.3. The zero-order valence-corrected chi connectivity index (χ0v) is 11.9. The molecule has 0 spiro atoms. The SMILES string of the molecule is CCNC(C#N)CCSc1nnc(N(C)C)s1. The first-order valence-electron chi connectivity index (χ1n) is 5.44. The van der Waals surface area contributed by atoms with Gasteiger partial charge in [-0.15, -0.1) is 10.2 Å². The summed E-state index contributed by atoms with van der Waals surface area (Å²) in [4.78, 5) is 1.94. The van der Waals surface area contributed by atoms with Gasteiger partial charge in [0.25, 0.3) is 0 Å². The highest BCUT2D eigenvalue weighted by molar-refractivity contribution is 8.01. The summed E-state index contributed by atoms with van der Waals surface area (Å²) < 4.78 is 0.960. The lowest BCUT2D eigenvalue weighted by molar-refractivity contribution is 0.613. The van der Waals surface area contributed by atoms with Crippen molar-refractivity contribution in [2.45, 2.75) is 23.7 Å². The largest absolute Gasteiger partial charge is 0.353 e. The van der Waals surface area contributed by atoms with E-state index in [4.69, 9.17) is 5.26 Å². The Kier molecular flexibility index (Phi) is 6.26. The summed E-state index contributed by atoms with van der Waals surface area (Å²) in [6.45, 7) is 2.83. The molecule has 0 bridgehead atoms. The summed E-state index contributed by atoms with van der Waals surface area (Å²) >= 11 is 3.23. The van der Waals surface area contributed by atoms with Crippen LogP contribution in [0.4, 0.5) is 5.13 Å². The average molecular weight is 271 g/mol. The summed E-state index contributed by atoms with van der Waals surface area (Å²) in [6, 6.07) is 2.19. The van der Waals surface area contributed by atoms with E-state index in [0.717, 1.165) is 28.2 Å². The van der Waals surface area contributed by atoms with E-state index in [1.165, 1.54) is 0 Å². The molecule has 0 radical (unpaired) electrons. The number of nitrogens with zero attached hydrogens (tertiary/aromatic N) is 4. The highest BCUT2D eigenvalue weighted by Crippen LogP contribution is 2.27. The van der Waals surface area contributed by atoms with E-state index in [0.29, 0.717) is 0 Å². The summed E-state index contributed by atoms with van der Waals surface area (Å²) in [7, 11) is 3.90. The topological polar surface area (TPSA) is 64.8 Å². The lowest BCUT2D eigenvalue weighted by Gasteiger charge is -2.07. The minimum atomic E-state index is -0.0614. The fraction of sp³-hybridized carbons (Fsp3) is 0.700. The van der Waals surface area contributed by atoms with Gasteiger partial charge in [-0.05, 0) is 13.0 Å². The van der Waals surface area contributed by atoms with Gasteiger partial charge in [0.1, 0.15) is 0 Å². The molecule has 1 N–H and O–H groups in total. The number of rotatable bonds is 7. The van der Waals surface area contributed by atoms with Crippen LogP contribution in [0.2, 0.25) is 0 Å². The molecule has 5 nitrogen and oxygen atoms in total. The number of hydrogen-bond acceptors (Lipinski definition) is 7. The second kappa shape index (κ2) is 7.48. The predicted octanol–water partition coefficient (Wildman–Crippen LogP) is 1.59. The van der Waals surface area contributed by atoms with E-state index >= 15 is 0 Å². The van der Waals surface area contributed by atoms with Crippen LogP contribution in [-0.4, -0.2) is 42.6 Å². The van der Waals surface area contributed by atoms with Crippen molar-refractivity contribution in [3.05, 3.63) is 0 Å². The average Bonchev–Trinajstić information content (AvgIpc) is 2.77. The van der Waals surface area contributed by atoms with E-state index in [-0.39, 0.29) is 6.04 Å². The second-order valence-electron chi connectivity index (χ2n) is 3.62. The molecular formula is C10H17N5S2. The highest BCUT2D eigenvalue weighted by atomic mass is 32.2. The van der Waals surface area contributed by atoms with Crippen LogP contribution >= 0.6 is 23.1 Å². The van der Waals surface area contributed by atoms with Gasteiger partial charge in [-0.25, -0.2) is 0 Å².